The van der Waals surface area contributed by atoms with Gasteiger partial charge in [-0.05, 0) is 48.4 Å². The molecular weight excluding hydrogens is 348 g/mol. The number of fused-ring (bicyclic) bond motifs is 1. The summed E-state index contributed by atoms with van der Waals surface area (Å²) in [5, 5.41) is 4.83. The van der Waals surface area contributed by atoms with E-state index in [0.29, 0.717) is 0 Å². The number of carbonyl (C=O) groups is 1. The summed E-state index contributed by atoms with van der Waals surface area (Å²) in [4.78, 5) is 12.6. The fourth-order valence-electron chi connectivity index (χ4n) is 3.06. The van der Waals surface area contributed by atoms with Gasteiger partial charge in [-0.2, -0.15) is 0 Å². The number of rotatable bonds is 5. The van der Waals surface area contributed by atoms with Gasteiger partial charge in [0, 0.05) is 11.6 Å². The van der Waals surface area contributed by atoms with E-state index in [9.17, 15) is 13.6 Å². The summed E-state index contributed by atoms with van der Waals surface area (Å²) in [6, 6.07) is 14.3. The van der Waals surface area contributed by atoms with Crippen molar-refractivity contribution in [2.75, 3.05) is 7.11 Å². The van der Waals surface area contributed by atoms with Crippen molar-refractivity contribution in [3.05, 3.63) is 77.4 Å². The van der Waals surface area contributed by atoms with Crippen LogP contribution in [-0.4, -0.2) is 13.0 Å². The van der Waals surface area contributed by atoms with Gasteiger partial charge in [0.15, 0.2) is 0 Å². The van der Waals surface area contributed by atoms with Crippen molar-refractivity contribution < 1.29 is 18.3 Å². The summed E-state index contributed by atoms with van der Waals surface area (Å²) in [5.41, 5.74) is 1.11. The van der Waals surface area contributed by atoms with E-state index in [0.717, 1.165) is 28.2 Å². The lowest BCUT2D eigenvalue weighted by atomic mass is 9.96. The molecule has 0 fully saturated rings. The topological polar surface area (TPSA) is 38.3 Å². The number of nitrogens with one attached hydrogen (secondary N) is 1. The Bertz CT molecular complexity index is 987. The maximum atomic E-state index is 13.9. The van der Waals surface area contributed by atoms with Gasteiger partial charge in [-0.1, -0.05) is 30.3 Å². The van der Waals surface area contributed by atoms with E-state index in [1.54, 1.807) is 21.0 Å². The zero-order chi connectivity index (χ0) is 19.6. The largest absolute Gasteiger partial charge is 0.497 e. The second-order valence-electron chi connectivity index (χ2n) is 6.59. The van der Waals surface area contributed by atoms with E-state index in [2.05, 4.69) is 5.32 Å². The zero-order valence-electron chi connectivity index (χ0n) is 15.4. The highest BCUT2D eigenvalue weighted by Crippen LogP contribution is 2.26. The van der Waals surface area contributed by atoms with E-state index >= 15 is 0 Å². The number of halogens is 2. The normalized spacial score (nSPS) is 13.2. The molecule has 5 heteroatoms. The molecule has 0 bridgehead atoms. The molecule has 0 saturated heterocycles. The lowest BCUT2D eigenvalue weighted by molar-refractivity contribution is -0.122. The minimum absolute atomic E-state index is 0.223. The molecule has 27 heavy (non-hydrogen) atoms. The fraction of sp³-hybridized carbons (Fsp3) is 0.227. The lowest BCUT2D eigenvalue weighted by Crippen LogP contribution is -2.31. The van der Waals surface area contributed by atoms with Crippen LogP contribution < -0.4 is 10.1 Å². The first kappa shape index (κ1) is 18.8. The molecule has 0 spiro atoms. The SMILES string of the molecule is COc1ccc2cc([C@H](C)C(=O)N[C@@H](C)c3ccc(F)cc3F)ccc2c1. The Balaban J connectivity index is 1.77. The van der Waals surface area contributed by atoms with Crippen LogP contribution in [0.3, 0.4) is 0 Å². The van der Waals surface area contributed by atoms with Gasteiger partial charge in [-0.3, -0.25) is 4.79 Å². The molecule has 3 rings (SSSR count). The Kier molecular flexibility index (Phi) is 5.40. The highest BCUT2D eigenvalue weighted by Gasteiger charge is 2.20. The molecule has 0 radical (unpaired) electrons. The fourth-order valence-corrected chi connectivity index (χ4v) is 3.06. The number of benzene rings is 3. The molecule has 3 nitrogen and oxygen atoms in total. The van der Waals surface area contributed by atoms with Gasteiger partial charge >= 0.3 is 0 Å². The number of amides is 1. The van der Waals surface area contributed by atoms with E-state index in [1.165, 1.54) is 12.1 Å². The van der Waals surface area contributed by atoms with Crippen LogP contribution in [0.15, 0.2) is 54.6 Å². The Morgan fingerprint density at radius 3 is 2.37 bits per heavy atom. The van der Waals surface area contributed by atoms with Gasteiger partial charge in [-0.25, -0.2) is 8.78 Å². The van der Waals surface area contributed by atoms with Crippen LogP contribution in [0.4, 0.5) is 8.78 Å². The first-order valence-corrected chi connectivity index (χ1v) is 8.72. The summed E-state index contributed by atoms with van der Waals surface area (Å²) in [6.45, 7) is 3.47. The molecular formula is C22H21F2NO2. The quantitative estimate of drug-likeness (QED) is 0.679. The Labute approximate surface area is 157 Å². The molecule has 1 N–H and O–H groups in total. The lowest BCUT2D eigenvalue weighted by Gasteiger charge is -2.19. The van der Waals surface area contributed by atoms with Crippen molar-refractivity contribution in [1.82, 2.24) is 5.32 Å². The Hall–Kier alpha value is -2.95. The summed E-state index contributed by atoms with van der Waals surface area (Å²) in [5.74, 6) is -1.18. The highest BCUT2D eigenvalue weighted by molar-refractivity contribution is 5.88. The average molecular weight is 369 g/mol. The highest BCUT2D eigenvalue weighted by atomic mass is 19.1. The van der Waals surface area contributed by atoms with Crippen LogP contribution in [0.1, 0.15) is 36.9 Å². The second kappa shape index (κ2) is 7.74. The predicted octanol–water partition coefficient (Wildman–Crippen LogP) is 5.11. The van der Waals surface area contributed by atoms with Crippen LogP contribution >= 0.6 is 0 Å². The van der Waals surface area contributed by atoms with Crippen LogP contribution in [0, 0.1) is 11.6 Å². The van der Waals surface area contributed by atoms with Crippen molar-refractivity contribution in [1.29, 1.82) is 0 Å². The van der Waals surface area contributed by atoms with Crippen molar-refractivity contribution in [2.24, 2.45) is 0 Å². The average Bonchev–Trinajstić information content (AvgIpc) is 2.66. The monoisotopic (exact) mass is 369 g/mol. The predicted molar refractivity (Wildman–Crippen MR) is 102 cm³/mol. The summed E-state index contributed by atoms with van der Waals surface area (Å²) < 4.78 is 32.2. The van der Waals surface area contributed by atoms with Crippen molar-refractivity contribution in [3.8, 4) is 5.75 Å². The maximum absolute atomic E-state index is 13.9. The second-order valence-corrected chi connectivity index (χ2v) is 6.59. The molecule has 140 valence electrons. The van der Waals surface area contributed by atoms with E-state index < -0.39 is 23.6 Å². The van der Waals surface area contributed by atoms with Crippen LogP contribution in [0.25, 0.3) is 10.8 Å². The van der Waals surface area contributed by atoms with Gasteiger partial charge in [0.2, 0.25) is 5.91 Å². The first-order chi connectivity index (χ1) is 12.9. The van der Waals surface area contributed by atoms with E-state index in [1.807, 2.05) is 36.4 Å². The minimum atomic E-state index is -0.671. The minimum Gasteiger partial charge on any atom is -0.497 e. The standard InChI is InChI=1S/C22H21F2NO2/c1-13(15-4-5-17-11-19(27-3)8-6-16(17)10-15)22(26)25-14(2)20-9-7-18(23)12-21(20)24/h4-14H,1-3H3,(H,25,26)/t13-,14-/m0/s1. The molecule has 3 aromatic carbocycles. The maximum Gasteiger partial charge on any atom is 0.227 e. The molecule has 0 heterocycles. The van der Waals surface area contributed by atoms with Gasteiger partial charge in [-0.15, -0.1) is 0 Å². The van der Waals surface area contributed by atoms with Crippen molar-refractivity contribution in [2.45, 2.75) is 25.8 Å². The van der Waals surface area contributed by atoms with Gasteiger partial charge in [0.1, 0.15) is 17.4 Å². The van der Waals surface area contributed by atoms with Gasteiger partial charge < -0.3 is 10.1 Å². The summed E-state index contributed by atoms with van der Waals surface area (Å²) >= 11 is 0. The smallest absolute Gasteiger partial charge is 0.227 e. The third-order valence-electron chi connectivity index (χ3n) is 4.75. The number of hydrogen-bond donors (Lipinski definition) is 1. The Morgan fingerprint density at radius 2 is 1.67 bits per heavy atom. The third-order valence-corrected chi connectivity index (χ3v) is 4.75. The number of ether oxygens (including phenoxy) is 1. The van der Waals surface area contributed by atoms with Crippen molar-refractivity contribution >= 4 is 16.7 Å². The van der Waals surface area contributed by atoms with E-state index in [-0.39, 0.29) is 11.5 Å². The van der Waals surface area contributed by atoms with Crippen LogP contribution in [0.5, 0.6) is 5.75 Å². The molecule has 0 saturated carbocycles. The number of methoxy groups -OCH3 is 1. The molecule has 0 aliphatic heterocycles. The van der Waals surface area contributed by atoms with Crippen molar-refractivity contribution in [3.63, 3.8) is 0 Å². The number of carbonyl (C=O) groups excluding carboxylic acids is 1. The molecule has 1 amide bonds. The Morgan fingerprint density at radius 1 is 0.963 bits per heavy atom. The molecule has 0 aromatic heterocycles. The molecule has 0 unspecified atom stereocenters. The van der Waals surface area contributed by atoms with E-state index in [4.69, 9.17) is 4.74 Å². The number of hydrogen-bond acceptors (Lipinski definition) is 2. The van der Waals surface area contributed by atoms with Crippen LogP contribution in [-0.2, 0) is 4.79 Å². The molecule has 0 aliphatic carbocycles. The third kappa shape index (κ3) is 4.08. The van der Waals surface area contributed by atoms with Gasteiger partial charge in [0.25, 0.3) is 0 Å². The zero-order valence-corrected chi connectivity index (χ0v) is 15.4. The van der Waals surface area contributed by atoms with Gasteiger partial charge in [0.05, 0.1) is 19.1 Å². The molecule has 2 atom stereocenters. The van der Waals surface area contributed by atoms with Crippen LogP contribution in [0.2, 0.25) is 0 Å². The first-order valence-electron chi connectivity index (χ1n) is 8.72. The molecule has 3 aromatic rings. The molecule has 0 aliphatic rings. The summed E-state index contributed by atoms with van der Waals surface area (Å²) in [7, 11) is 1.62. The summed E-state index contributed by atoms with van der Waals surface area (Å²) in [6.07, 6.45) is 0.